The Kier molecular flexibility index (Phi) is 3.72. The number of rotatable bonds is 5. The molecule has 0 spiro atoms. The number of methoxy groups -OCH3 is 1. The average Bonchev–Trinajstić information content (AvgIpc) is 2.85. The molecule has 0 aromatic carbocycles. The van der Waals surface area contributed by atoms with Crippen LogP contribution in [0.15, 0.2) is 0 Å². The van der Waals surface area contributed by atoms with Crippen LogP contribution in [0.3, 0.4) is 0 Å². The summed E-state index contributed by atoms with van der Waals surface area (Å²) in [5, 5.41) is 3.41. The third-order valence-electron chi connectivity index (χ3n) is 2.58. The second-order valence-electron chi connectivity index (χ2n) is 3.97. The number of carbonyl (C=O) groups is 1. The highest BCUT2D eigenvalue weighted by Crippen LogP contribution is 2.32. The van der Waals surface area contributed by atoms with Crippen molar-refractivity contribution in [2.24, 2.45) is 5.92 Å². The van der Waals surface area contributed by atoms with Crippen molar-refractivity contribution in [3.8, 4) is 0 Å². The minimum absolute atomic E-state index is 0.136. The fourth-order valence-electron chi connectivity index (χ4n) is 1.57. The zero-order valence-electron chi connectivity index (χ0n) is 8.67. The first-order valence-corrected chi connectivity index (χ1v) is 4.96. The van der Waals surface area contributed by atoms with Crippen molar-refractivity contribution in [3.63, 3.8) is 0 Å². The van der Waals surface area contributed by atoms with Gasteiger partial charge in [0.25, 0.3) is 0 Å². The number of esters is 1. The van der Waals surface area contributed by atoms with Crippen LogP contribution in [0, 0.1) is 5.92 Å². The molecule has 0 heterocycles. The van der Waals surface area contributed by atoms with Gasteiger partial charge >= 0.3 is 5.97 Å². The summed E-state index contributed by atoms with van der Waals surface area (Å²) in [6.45, 7) is 4.21. The molecule has 1 aliphatic carbocycles. The first-order chi connectivity index (χ1) is 6.13. The Morgan fingerprint density at radius 2 is 2.15 bits per heavy atom. The smallest absolute Gasteiger partial charge is 0.307 e. The molecule has 3 nitrogen and oxygen atoms in total. The van der Waals surface area contributed by atoms with Crippen LogP contribution in [0.1, 0.15) is 33.1 Å². The molecule has 13 heavy (non-hydrogen) atoms. The second kappa shape index (κ2) is 4.61. The third kappa shape index (κ3) is 3.77. The molecule has 1 rings (SSSR count). The van der Waals surface area contributed by atoms with Crippen LogP contribution in [-0.2, 0) is 9.53 Å². The molecule has 3 heteroatoms. The normalized spacial score (nSPS) is 20.8. The molecule has 0 aromatic heterocycles. The molecule has 0 bridgehead atoms. The van der Waals surface area contributed by atoms with E-state index in [9.17, 15) is 4.79 Å². The topological polar surface area (TPSA) is 38.3 Å². The fourth-order valence-corrected chi connectivity index (χ4v) is 1.57. The van der Waals surface area contributed by atoms with E-state index in [1.807, 2.05) is 6.92 Å². The molecule has 1 saturated carbocycles. The van der Waals surface area contributed by atoms with E-state index in [2.05, 4.69) is 17.0 Å². The Morgan fingerprint density at radius 3 is 2.62 bits per heavy atom. The molecule has 1 N–H and O–H groups in total. The van der Waals surface area contributed by atoms with Crippen LogP contribution in [0.5, 0.6) is 0 Å². The van der Waals surface area contributed by atoms with Crippen molar-refractivity contribution < 1.29 is 9.53 Å². The molecular weight excluding hydrogens is 166 g/mol. The van der Waals surface area contributed by atoms with Crippen LogP contribution in [0.2, 0.25) is 0 Å². The van der Waals surface area contributed by atoms with Crippen LogP contribution < -0.4 is 5.32 Å². The molecule has 0 aliphatic heterocycles. The summed E-state index contributed by atoms with van der Waals surface area (Å²) in [7, 11) is 1.43. The van der Waals surface area contributed by atoms with Gasteiger partial charge in [-0.15, -0.1) is 0 Å². The number of ether oxygens (including phenoxy) is 1. The van der Waals surface area contributed by atoms with E-state index in [1.54, 1.807) is 0 Å². The molecule has 0 aromatic rings. The molecule has 0 radical (unpaired) electrons. The van der Waals surface area contributed by atoms with Gasteiger partial charge in [-0.2, -0.15) is 0 Å². The minimum atomic E-state index is -0.136. The quantitative estimate of drug-likeness (QED) is 0.657. The van der Waals surface area contributed by atoms with Gasteiger partial charge < -0.3 is 10.1 Å². The lowest BCUT2D eigenvalue weighted by Crippen LogP contribution is -2.37. The zero-order valence-corrected chi connectivity index (χ0v) is 8.67. The van der Waals surface area contributed by atoms with E-state index in [0.29, 0.717) is 12.5 Å². The van der Waals surface area contributed by atoms with E-state index in [4.69, 9.17) is 0 Å². The monoisotopic (exact) mass is 185 g/mol. The van der Waals surface area contributed by atoms with Crippen LogP contribution in [-0.4, -0.2) is 25.2 Å². The standard InChI is InChI=1S/C10H19NO2/c1-7(6-10(12)13-3)11-8(2)9-4-5-9/h7-9,11H,4-6H2,1-3H3. The average molecular weight is 185 g/mol. The Labute approximate surface area is 79.8 Å². The Balaban J connectivity index is 2.15. The maximum Gasteiger partial charge on any atom is 0.307 e. The van der Waals surface area contributed by atoms with E-state index in [0.717, 1.165) is 5.92 Å². The van der Waals surface area contributed by atoms with Gasteiger partial charge in [0.15, 0.2) is 0 Å². The SMILES string of the molecule is COC(=O)CC(C)NC(C)C1CC1. The van der Waals surface area contributed by atoms with Gasteiger partial charge in [-0.25, -0.2) is 0 Å². The van der Waals surface area contributed by atoms with E-state index in [-0.39, 0.29) is 12.0 Å². The minimum Gasteiger partial charge on any atom is -0.469 e. The zero-order chi connectivity index (χ0) is 9.84. The first kappa shape index (κ1) is 10.5. The highest BCUT2D eigenvalue weighted by molar-refractivity contribution is 5.69. The molecule has 1 aliphatic rings. The highest BCUT2D eigenvalue weighted by atomic mass is 16.5. The summed E-state index contributed by atoms with van der Waals surface area (Å²) in [4.78, 5) is 10.9. The van der Waals surface area contributed by atoms with Crippen molar-refractivity contribution in [2.75, 3.05) is 7.11 Å². The van der Waals surface area contributed by atoms with Crippen molar-refractivity contribution in [1.29, 1.82) is 0 Å². The van der Waals surface area contributed by atoms with Gasteiger partial charge in [-0.1, -0.05) is 0 Å². The highest BCUT2D eigenvalue weighted by Gasteiger charge is 2.28. The van der Waals surface area contributed by atoms with Crippen LogP contribution in [0.4, 0.5) is 0 Å². The van der Waals surface area contributed by atoms with Crippen molar-refractivity contribution in [1.82, 2.24) is 5.32 Å². The van der Waals surface area contributed by atoms with Gasteiger partial charge in [-0.3, -0.25) is 4.79 Å². The van der Waals surface area contributed by atoms with Crippen molar-refractivity contribution in [3.05, 3.63) is 0 Å². The molecule has 1 fully saturated rings. The Hall–Kier alpha value is -0.570. The number of carbonyl (C=O) groups excluding carboxylic acids is 1. The van der Waals surface area contributed by atoms with E-state index in [1.165, 1.54) is 20.0 Å². The molecule has 2 atom stereocenters. The fraction of sp³-hybridized carbons (Fsp3) is 0.900. The van der Waals surface area contributed by atoms with Gasteiger partial charge in [0.05, 0.1) is 13.5 Å². The summed E-state index contributed by atoms with van der Waals surface area (Å²) < 4.78 is 4.60. The maximum atomic E-state index is 10.9. The molecule has 76 valence electrons. The Morgan fingerprint density at radius 1 is 1.54 bits per heavy atom. The second-order valence-corrected chi connectivity index (χ2v) is 3.97. The molecule has 0 amide bonds. The third-order valence-corrected chi connectivity index (χ3v) is 2.58. The number of hydrogen-bond acceptors (Lipinski definition) is 3. The summed E-state index contributed by atoms with van der Waals surface area (Å²) in [5.74, 6) is 0.697. The van der Waals surface area contributed by atoms with Crippen LogP contribution >= 0.6 is 0 Å². The summed E-state index contributed by atoms with van der Waals surface area (Å²) in [6.07, 6.45) is 3.13. The van der Waals surface area contributed by atoms with Gasteiger partial charge in [-0.05, 0) is 32.6 Å². The molecule has 0 saturated heterocycles. The summed E-state index contributed by atoms with van der Waals surface area (Å²) in [6, 6.07) is 0.766. The first-order valence-electron chi connectivity index (χ1n) is 4.96. The summed E-state index contributed by atoms with van der Waals surface area (Å²) in [5.41, 5.74) is 0. The summed E-state index contributed by atoms with van der Waals surface area (Å²) >= 11 is 0. The maximum absolute atomic E-state index is 10.9. The van der Waals surface area contributed by atoms with Gasteiger partial charge in [0.2, 0.25) is 0 Å². The molecule has 2 unspecified atom stereocenters. The lowest BCUT2D eigenvalue weighted by Gasteiger charge is -2.18. The Bertz CT molecular complexity index is 178. The van der Waals surface area contributed by atoms with Gasteiger partial charge in [0.1, 0.15) is 0 Å². The predicted octanol–water partition coefficient (Wildman–Crippen LogP) is 1.33. The van der Waals surface area contributed by atoms with E-state index >= 15 is 0 Å². The lowest BCUT2D eigenvalue weighted by atomic mass is 10.1. The molecular formula is C10H19NO2. The van der Waals surface area contributed by atoms with Crippen molar-refractivity contribution >= 4 is 5.97 Å². The van der Waals surface area contributed by atoms with Gasteiger partial charge in [0, 0.05) is 12.1 Å². The largest absolute Gasteiger partial charge is 0.469 e. The van der Waals surface area contributed by atoms with E-state index < -0.39 is 0 Å². The van der Waals surface area contributed by atoms with Crippen LogP contribution in [0.25, 0.3) is 0 Å². The predicted molar refractivity (Wildman–Crippen MR) is 51.4 cm³/mol. The number of hydrogen-bond donors (Lipinski definition) is 1. The number of nitrogens with one attached hydrogen (secondary N) is 1. The van der Waals surface area contributed by atoms with Crippen molar-refractivity contribution in [2.45, 2.75) is 45.2 Å². The lowest BCUT2D eigenvalue weighted by molar-refractivity contribution is -0.141.